The van der Waals surface area contributed by atoms with E-state index < -0.39 is 0 Å². The summed E-state index contributed by atoms with van der Waals surface area (Å²) in [6, 6.07) is 11.5. The Bertz CT molecular complexity index is 1850. The van der Waals surface area contributed by atoms with E-state index in [0.29, 0.717) is 27.0 Å². The monoisotopic (exact) mass is 789 g/mol. The van der Waals surface area contributed by atoms with E-state index in [0.717, 1.165) is 38.3 Å². The van der Waals surface area contributed by atoms with Crippen molar-refractivity contribution < 1.29 is 10.2 Å². The fraction of sp³-hybridized carbons (Fsp3) is 0.459. The van der Waals surface area contributed by atoms with E-state index in [1.54, 1.807) is 12.1 Å². The Hall–Kier alpha value is -3.32. The van der Waals surface area contributed by atoms with Crippen LogP contribution < -0.4 is 16.4 Å². The maximum absolute atomic E-state index is 9.99. The first kappa shape index (κ1) is 39.9. The molecule has 0 amide bonds. The minimum Gasteiger partial charge on any atom is -0.508 e. The van der Waals surface area contributed by atoms with E-state index in [1.165, 1.54) is 80.8 Å². The minimum atomic E-state index is 0. The molecule has 8 rings (SSSR count). The molecular weight excluding hydrogens is 744 g/mol. The third kappa shape index (κ3) is 8.40. The van der Waals surface area contributed by atoms with Crippen molar-refractivity contribution in [2.75, 3.05) is 62.2 Å². The van der Waals surface area contributed by atoms with Gasteiger partial charge in [0.2, 0.25) is 11.9 Å². The van der Waals surface area contributed by atoms with Gasteiger partial charge in [0.25, 0.3) is 0 Å². The molecule has 0 radical (unpaired) electrons. The van der Waals surface area contributed by atoms with E-state index in [-0.39, 0.29) is 40.6 Å². The summed E-state index contributed by atoms with van der Waals surface area (Å²) in [6.07, 6.45) is 10.3. The highest BCUT2D eigenvalue weighted by Crippen LogP contribution is 2.51. The van der Waals surface area contributed by atoms with Crippen LogP contribution in [-0.4, -0.2) is 85.8 Å². The normalized spacial score (nSPS) is 17.5. The maximum Gasteiger partial charge on any atom is 0.222 e. The van der Waals surface area contributed by atoms with E-state index in [4.69, 9.17) is 46.3 Å². The topological polar surface area (TPSA) is 154 Å². The average Bonchev–Trinajstić information content (AvgIpc) is 3.61. The number of likely N-dealkylation sites (tertiary alicyclic amines) is 2. The highest BCUT2D eigenvalue weighted by atomic mass is 35.5. The van der Waals surface area contributed by atoms with Crippen LogP contribution >= 0.6 is 47.2 Å². The number of benzene rings is 2. The third-order valence-electron chi connectivity index (χ3n) is 10.3. The van der Waals surface area contributed by atoms with Crippen molar-refractivity contribution in [2.45, 2.75) is 63.2 Å². The van der Waals surface area contributed by atoms with Crippen LogP contribution in [0.2, 0.25) is 15.2 Å². The number of anilines is 4. The van der Waals surface area contributed by atoms with Gasteiger partial charge >= 0.3 is 0 Å². The maximum atomic E-state index is 9.99. The molecule has 2 spiro atoms. The van der Waals surface area contributed by atoms with Gasteiger partial charge in [-0.1, -0.05) is 73.6 Å². The molecule has 2 aromatic carbocycles. The molecule has 15 heteroatoms. The molecule has 6 N–H and O–H groups in total. The number of aryl methyl sites for hydroxylation is 1. The number of hydrogen-bond donors (Lipinski definition) is 4. The first-order valence-electron chi connectivity index (χ1n) is 17.6. The van der Waals surface area contributed by atoms with Crippen LogP contribution in [0.25, 0.3) is 0 Å². The number of aromatic hydroxyl groups is 2. The molecule has 3 aliphatic heterocycles. The SMILES string of the molecule is CCCCN1CC2(C1)CN(c1nc(N)ncc1Cl)c1cc(O)ccc12.CCCCN1CC2(CCc3cc(O)ccc32)C1.Cl.Nc1ncc(Cl)c(Cl)n1. The number of phenols is 2. The van der Waals surface area contributed by atoms with Crippen molar-refractivity contribution in [3.63, 3.8) is 0 Å². The molecule has 1 aliphatic carbocycles. The quantitative estimate of drug-likeness (QED) is 0.139. The Kier molecular flexibility index (Phi) is 12.9. The number of aromatic nitrogens is 4. The molecule has 11 nitrogen and oxygen atoms in total. The van der Waals surface area contributed by atoms with Gasteiger partial charge in [-0.3, -0.25) is 0 Å². The summed E-state index contributed by atoms with van der Waals surface area (Å²) in [5.41, 5.74) is 16.5. The second-order valence-electron chi connectivity index (χ2n) is 14.1. The first-order valence-corrected chi connectivity index (χ1v) is 18.7. The van der Waals surface area contributed by atoms with Crippen molar-refractivity contribution in [2.24, 2.45) is 0 Å². The number of nitrogens with two attached hydrogens (primary N) is 2. The van der Waals surface area contributed by atoms with Gasteiger partial charge in [-0.25, -0.2) is 9.97 Å². The summed E-state index contributed by atoms with van der Waals surface area (Å²) >= 11 is 17.3. The van der Waals surface area contributed by atoms with Gasteiger partial charge in [-0.15, -0.1) is 12.4 Å². The zero-order valence-corrected chi connectivity index (χ0v) is 32.6. The van der Waals surface area contributed by atoms with E-state index in [2.05, 4.69) is 54.5 Å². The Labute approximate surface area is 326 Å². The summed E-state index contributed by atoms with van der Waals surface area (Å²) in [5.74, 6) is 1.58. The van der Waals surface area contributed by atoms with Gasteiger partial charge < -0.3 is 36.4 Å². The van der Waals surface area contributed by atoms with E-state index in [1.807, 2.05) is 18.2 Å². The fourth-order valence-corrected chi connectivity index (χ4v) is 8.30. The zero-order chi connectivity index (χ0) is 36.3. The van der Waals surface area contributed by atoms with Crippen LogP contribution in [0.3, 0.4) is 0 Å². The number of unbranched alkanes of at least 4 members (excludes halogenated alkanes) is 2. The smallest absolute Gasteiger partial charge is 0.222 e. The lowest BCUT2D eigenvalue weighted by atomic mass is 9.74. The van der Waals surface area contributed by atoms with Crippen molar-refractivity contribution >= 4 is 70.6 Å². The Morgan fingerprint density at radius 3 is 1.88 bits per heavy atom. The Morgan fingerprint density at radius 2 is 1.29 bits per heavy atom. The standard InChI is InChI=1S/C18H22ClN5O.C15H21NO.C4H3Cl2N3.ClH/c1-2-3-6-23-9-18(10-23)11-24(15-7-12(25)4-5-13(15)18)16-14(19)8-21-17(20)22-16;1-2-3-8-16-10-15(11-16)7-6-12-9-13(17)4-5-14(12)15;5-2-1-8-4(7)9-3(2)6;/h4-5,7-8,25H,2-3,6,9-11H2,1H3,(H2,20,21,22);4-5,9,17H,2-3,6-8,10-11H2,1H3;1H,(H2,7,8,9);1H. The highest BCUT2D eigenvalue weighted by Gasteiger charge is 2.52. The van der Waals surface area contributed by atoms with Crippen molar-refractivity contribution in [1.82, 2.24) is 29.7 Å². The Morgan fingerprint density at radius 1 is 0.731 bits per heavy atom. The fourth-order valence-electron chi connectivity index (χ4n) is 7.88. The van der Waals surface area contributed by atoms with Crippen LogP contribution in [0.15, 0.2) is 48.8 Å². The van der Waals surface area contributed by atoms with E-state index in [9.17, 15) is 10.2 Å². The number of phenolic OH excluding ortho intramolecular Hbond substituents is 2. The zero-order valence-electron chi connectivity index (χ0n) is 29.5. The molecule has 280 valence electrons. The molecule has 4 aromatic rings. The molecule has 2 aromatic heterocycles. The van der Waals surface area contributed by atoms with Crippen molar-refractivity contribution in [1.29, 1.82) is 0 Å². The van der Waals surface area contributed by atoms with Gasteiger partial charge in [0.15, 0.2) is 11.0 Å². The van der Waals surface area contributed by atoms with Crippen LogP contribution in [0.4, 0.5) is 23.4 Å². The van der Waals surface area contributed by atoms with Gasteiger partial charge in [-0.2, -0.15) is 9.97 Å². The molecule has 4 aliphatic rings. The number of nitrogen functional groups attached to an aromatic ring is 2. The van der Waals surface area contributed by atoms with Crippen molar-refractivity contribution in [3.8, 4) is 11.5 Å². The molecule has 0 atom stereocenters. The van der Waals surface area contributed by atoms with Gasteiger partial charge in [0, 0.05) is 49.6 Å². The summed E-state index contributed by atoms with van der Waals surface area (Å²) < 4.78 is 0. The molecule has 0 saturated carbocycles. The number of rotatable bonds is 7. The lowest BCUT2D eigenvalue weighted by Crippen LogP contribution is -2.61. The molecule has 5 heterocycles. The Balaban J connectivity index is 0.000000167. The summed E-state index contributed by atoms with van der Waals surface area (Å²) in [5, 5.41) is 20.5. The predicted molar refractivity (Wildman–Crippen MR) is 213 cm³/mol. The predicted octanol–water partition coefficient (Wildman–Crippen LogP) is 7.40. The lowest BCUT2D eigenvalue weighted by molar-refractivity contribution is 0.0645. The van der Waals surface area contributed by atoms with Crippen LogP contribution in [0.5, 0.6) is 11.5 Å². The highest BCUT2D eigenvalue weighted by molar-refractivity contribution is 6.41. The van der Waals surface area contributed by atoms with Crippen LogP contribution in [-0.2, 0) is 17.3 Å². The van der Waals surface area contributed by atoms with Crippen LogP contribution in [0, 0.1) is 0 Å². The second kappa shape index (κ2) is 16.8. The molecule has 52 heavy (non-hydrogen) atoms. The largest absolute Gasteiger partial charge is 0.508 e. The number of halogens is 4. The van der Waals surface area contributed by atoms with Gasteiger partial charge in [0.1, 0.15) is 16.5 Å². The summed E-state index contributed by atoms with van der Waals surface area (Å²) in [6.45, 7) is 12.1. The lowest BCUT2D eigenvalue weighted by Gasteiger charge is -2.49. The van der Waals surface area contributed by atoms with E-state index >= 15 is 0 Å². The molecule has 2 saturated heterocycles. The van der Waals surface area contributed by atoms with Crippen molar-refractivity contribution in [3.05, 3.63) is 80.7 Å². The summed E-state index contributed by atoms with van der Waals surface area (Å²) in [7, 11) is 0. The summed E-state index contributed by atoms with van der Waals surface area (Å²) in [4.78, 5) is 22.6. The number of fused-ring (bicyclic) bond motifs is 4. The molecular formula is C37H47Cl4N9O2. The van der Waals surface area contributed by atoms with Gasteiger partial charge in [0.05, 0.1) is 23.1 Å². The van der Waals surface area contributed by atoms with Crippen LogP contribution in [0.1, 0.15) is 62.6 Å². The number of hydrogen-bond acceptors (Lipinski definition) is 11. The molecule has 0 bridgehead atoms. The molecule has 0 unspecified atom stereocenters. The third-order valence-corrected chi connectivity index (χ3v) is 11.2. The minimum absolute atomic E-state index is 0. The average molecular weight is 792 g/mol. The second-order valence-corrected chi connectivity index (χ2v) is 15.3. The number of nitrogens with zero attached hydrogens (tertiary/aromatic N) is 7. The first-order chi connectivity index (χ1) is 24.5. The molecule has 2 fully saturated rings. The van der Waals surface area contributed by atoms with Gasteiger partial charge in [-0.05, 0) is 73.7 Å².